The SMILES string of the molecule is [CH2]Oc1ccsc1Cl. The molecule has 0 unspecified atom stereocenters. The van der Waals surface area contributed by atoms with Crippen molar-refractivity contribution in [1.82, 2.24) is 0 Å². The van der Waals surface area contributed by atoms with E-state index in [1.54, 1.807) is 6.07 Å². The quantitative estimate of drug-likeness (QED) is 0.593. The number of halogens is 1. The van der Waals surface area contributed by atoms with Gasteiger partial charge in [-0.25, -0.2) is 0 Å². The second-order valence-corrected chi connectivity index (χ2v) is 2.72. The Kier molecular flexibility index (Phi) is 1.76. The summed E-state index contributed by atoms with van der Waals surface area (Å²) in [5.74, 6) is 0.650. The van der Waals surface area contributed by atoms with Crippen molar-refractivity contribution in [2.45, 2.75) is 0 Å². The smallest absolute Gasteiger partial charge is 0.148 e. The van der Waals surface area contributed by atoms with Crippen LogP contribution in [0.15, 0.2) is 11.4 Å². The highest BCUT2D eigenvalue weighted by Crippen LogP contribution is 2.29. The molecular formula is C5H4ClOS. The van der Waals surface area contributed by atoms with Gasteiger partial charge < -0.3 is 4.74 Å². The van der Waals surface area contributed by atoms with Gasteiger partial charge in [0.2, 0.25) is 0 Å². The van der Waals surface area contributed by atoms with Gasteiger partial charge in [0.05, 0.1) is 0 Å². The second-order valence-electron chi connectivity index (χ2n) is 1.20. The molecule has 0 amide bonds. The van der Waals surface area contributed by atoms with Crippen molar-refractivity contribution in [2.75, 3.05) is 0 Å². The van der Waals surface area contributed by atoms with E-state index in [0.29, 0.717) is 10.1 Å². The van der Waals surface area contributed by atoms with E-state index in [2.05, 4.69) is 11.8 Å². The molecule has 0 saturated carbocycles. The monoisotopic (exact) mass is 147 g/mol. The summed E-state index contributed by atoms with van der Waals surface area (Å²) in [6, 6.07) is 1.78. The Balaban J connectivity index is 2.92. The molecule has 0 aliphatic heterocycles. The van der Waals surface area contributed by atoms with Crippen LogP contribution in [0.25, 0.3) is 0 Å². The van der Waals surface area contributed by atoms with Crippen molar-refractivity contribution in [3.05, 3.63) is 22.9 Å². The van der Waals surface area contributed by atoms with Gasteiger partial charge in [0.25, 0.3) is 0 Å². The van der Waals surface area contributed by atoms with Crippen LogP contribution < -0.4 is 4.74 Å². The third-order valence-electron chi connectivity index (χ3n) is 0.740. The molecule has 1 nitrogen and oxygen atoms in total. The van der Waals surface area contributed by atoms with Gasteiger partial charge in [0.15, 0.2) is 0 Å². The average molecular weight is 148 g/mol. The number of rotatable bonds is 1. The molecule has 0 aliphatic rings. The van der Waals surface area contributed by atoms with Gasteiger partial charge in [-0.05, 0) is 11.4 Å². The molecule has 1 aromatic heterocycles. The minimum absolute atomic E-state index is 0.650. The minimum atomic E-state index is 0.650. The molecule has 0 bridgehead atoms. The lowest BCUT2D eigenvalue weighted by Crippen LogP contribution is -1.72. The van der Waals surface area contributed by atoms with Gasteiger partial charge in [-0.1, -0.05) is 11.6 Å². The van der Waals surface area contributed by atoms with Crippen LogP contribution in [-0.4, -0.2) is 0 Å². The zero-order valence-electron chi connectivity index (χ0n) is 4.06. The minimum Gasteiger partial charge on any atom is -0.488 e. The van der Waals surface area contributed by atoms with E-state index in [0.717, 1.165) is 0 Å². The molecular weight excluding hydrogens is 144 g/mol. The molecule has 1 radical (unpaired) electrons. The van der Waals surface area contributed by atoms with Crippen LogP contribution in [0, 0.1) is 7.11 Å². The van der Waals surface area contributed by atoms with Crippen molar-refractivity contribution in [3.63, 3.8) is 0 Å². The normalized spacial score (nSPS) is 9.25. The summed E-state index contributed by atoms with van der Waals surface area (Å²) >= 11 is 7.02. The van der Waals surface area contributed by atoms with Crippen molar-refractivity contribution in [3.8, 4) is 5.75 Å². The lowest BCUT2D eigenvalue weighted by atomic mass is 10.6. The Morgan fingerprint density at radius 3 is 2.75 bits per heavy atom. The Labute approximate surface area is 56.9 Å². The first-order valence-corrected chi connectivity index (χ1v) is 3.25. The van der Waals surface area contributed by atoms with Crippen LogP contribution >= 0.6 is 22.9 Å². The molecule has 1 heterocycles. The number of hydrogen-bond donors (Lipinski definition) is 0. The second kappa shape index (κ2) is 2.37. The van der Waals surface area contributed by atoms with E-state index >= 15 is 0 Å². The molecule has 0 aromatic carbocycles. The fourth-order valence-electron chi connectivity index (χ4n) is 0.384. The van der Waals surface area contributed by atoms with E-state index < -0.39 is 0 Å². The first-order valence-electron chi connectivity index (χ1n) is 1.99. The maximum atomic E-state index is 5.59. The van der Waals surface area contributed by atoms with Crippen LogP contribution in [-0.2, 0) is 0 Å². The van der Waals surface area contributed by atoms with Crippen LogP contribution in [0.5, 0.6) is 5.75 Å². The van der Waals surface area contributed by atoms with E-state index in [9.17, 15) is 0 Å². The van der Waals surface area contributed by atoms with Crippen molar-refractivity contribution in [2.24, 2.45) is 0 Å². The van der Waals surface area contributed by atoms with Crippen LogP contribution in [0.3, 0.4) is 0 Å². The maximum Gasteiger partial charge on any atom is 0.148 e. The van der Waals surface area contributed by atoms with E-state index in [4.69, 9.17) is 11.6 Å². The number of ether oxygens (including phenoxy) is 1. The maximum absolute atomic E-state index is 5.59. The molecule has 0 atom stereocenters. The van der Waals surface area contributed by atoms with E-state index in [1.807, 2.05) is 5.38 Å². The summed E-state index contributed by atoms with van der Waals surface area (Å²) in [6.45, 7) is 0. The summed E-state index contributed by atoms with van der Waals surface area (Å²) in [4.78, 5) is 0. The average Bonchev–Trinajstić information content (AvgIpc) is 2.14. The predicted octanol–water partition coefficient (Wildman–Crippen LogP) is 2.57. The van der Waals surface area contributed by atoms with Gasteiger partial charge in [-0.2, -0.15) is 0 Å². The lowest BCUT2D eigenvalue weighted by Gasteiger charge is -1.90. The van der Waals surface area contributed by atoms with Gasteiger partial charge in [-0.3, -0.25) is 0 Å². The number of hydrogen-bond acceptors (Lipinski definition) is 2. The molecule has 3 heteroatoms. The van der Waals surface area contributed by atoms with Crippen molar-refractivity contribution in [1.29, 1.82) is 0 Å². The van der Waals surface area contributed by atoms with Crippen molar-refractivity contribution < 1.29 is 4.74 Å². The summed E-state index contributed by atoms with van der Waals surface area (Å²) in [5, 5.41) is 1.85. The standard InChI is InChI=1S/C5H4ClOS/c1-7-4-2-3-8-5(4)6/h2-3H,1H2. The summed E-state index contributed by atoms with van der Waals surface area (Å²) in [7, 11) is 3.21. The Morgan fingerprint density at radius 1 is 1.75 bits per heavy atom. The zero-order valence-corrected chi connectivity index (χ0v) is 5.63. The van der Waals surface area contributed by atoms with Gasteiger partial charge in [0.1, 0.15) is 17.2 Å². The molecule has 8 heavy (non-hydrogen) atoms. The molecule has 1 rings (SSSR count). The summed E-state index contributed by atoms with van der Waals surface area (Å²) in [6.07, 6.45) is 0. The molecule has 43 valence electrons. The van der Waals surface area contributed by atoms with Crippen LogP contribution in [0.1, 0.15) is 0 Å². The van der Waals surface area contributed by atoms with Crippen molar-refractivity contribution >= 4 is 22.9 Å². The highest BCUT2D eigenvalue weighted by atomic mass is 35.5. The van der Waals surface area contributed by atoms with Crippen LogP contribution in [0.2, 0.25) is 4.34 Å². The van der Waals surface area contributed by atoms with E-state index in [1.165, 1.54) is 11.3 Å². The predicted molar refractivity (Wildman–Crippen MR) is 35.3 cm³/mol. The van der Waals surface area contributed by atoms with Crippen LogP contribution in [0.4, 0.5) is 0 Å². The fourth-order valence-corrected chi connectivity index (χ4v) is 1.21. The molecule has 1 aromatic rings. The summed E-state index contributed by atoms with van der Waals surface area (Å²) in [5.41, 5.74) is 0. The molecule has 0 fully saturated rings. The third kappa shape index (κ3) is 0.956. The van der Waals surface area contributed by atoms with Gasteiger partial charge >= 0.3 is 0 Å². The third-order valence-corrected chi connectivity index (χ3v) is 1.87. The first-order chi connectivity index (χ1) is 3.84. The number of thiophene rings is 1. The highest BCUT2D eigenvalue weighted by molar-refractivity contribution is 7.14. The van der Waals surface area contributed by atoms with Gasteiger partial charge in [0, 0.05) is 0 Å². The van der Waals surface area contributed by atoms with E-state index in [-0.39, 0.29) is 0 Å². The Hall–Kier alpha value is -0.210. The fraction of sp³-hybridized carbons (Fsp3) is 0. The topological polar surface area (TPSA) is 9.23 Å². The molecule has 0 aliphatic carbocycles. The Morgan fingerprint density at radius 2 is 2.50 bits per heavy atom. The summed E-state index contributed by atoms with van der Waals surface area (Å²) < 4.78 is 5.27. The Bertz CT molecular complexity index is 173. The molecule has 0 spiro atoms. The lowest BCUT2D eigenvalue weighted by molar-refractivity contribution is 0.475. The highest BCUT2D eigenvalue weighted by Gasteiger charge is 1.97. The largest absolute Gasteiger partial charge is 0.488 e. The molecule has 0 saturated heterocycles. The first kappa shape index (κ1) is 5.92. The molecule has 0 N–H and O–H groups in total. The zero-order chi connectivity index (χ0) is 5.98. The van der Waals surface area contributed by atoms with Gasteiger partial charge in [-0.15, -0.1) is 11.3 Å².